The van der Waals surface area contributed by atoms with E-state index in [2.05, 4.69) is 0 Å². The normalized spacial score (nSPS) is 18.6. The van der Waals surface area contributed by atoms with E-state index < -0.39 is 0 Å². The Balaban J connectivity index is 2.03. The highest BCUT2D eigenvalue weighted by atomic mass is 16.2. The number of aliphatic hydroxyl groups excluding tert-OH is 1. The second-order valence-corrected chi connectivity index (χ2v) is 4.22. The summed E-state index contributed by atoms with van der Waals surface area (Å²) in [6, 6.07) is 0. The lowest BCUT2D eigenvalue weighted by molar-refractivity contribution is -0.122. The van der Waals surface area contributed by atoms with Crippen molar-refractivity contribution in [2.24, 2.45) is 5.41 Å². The Labute approximate surface area is 80.3 Å². The highest BCUT2D eigenvalue weighted by molar-refractivity contribution is 5.84. The van der Waals surface area contributed by atoms with Gasteiger partial charge in [0.05, 0.1) is 0 Å². The van der Waals surface area contributed by atoms with Crippen LogP contribution in [0.1, 0.15) is 51.9 Å². The van der Waals surface area contributed by atoms with Gasteiger partial charge < -0.3 is 5.11 Å². The monoisotopic (exact) mass is 184 g/mol. The second-order valence-electron chi connectivity index (χ2n) is 4.22. The Morgan fingerprint density at radius 1 is 1.23 bits per heavy atom. The predicted octanol–water partition coefficient (Wildman–Crippen LogP) is 2.30. The quantitative estimate of drug-likeness (QED) is 0.616. The first kappa shape index (κ1) is 10.7. The van der Waals surface area contributed by atoms with Crippen LogP contribution in [0.5, 0.6) is 0 Å². The van der Waals surface area contributed by atoms with Crippen molar-refractivity contribution in [2.45, 2.75) is 51.9 Å². The molecule has 0 aromatic rings. The minimum absolute atomic E-state index is 0.0964. The summed E-state index contributed by atoms with van der Waals surface area (Å²) < 4.78 is 0. The topological polar surface area (TPSA) is 37.3 Å². The summed E-state index contributed by atoms with van der Waals surface area (Å²) in [4.78, 5) is 11.2. The van der Waals surface area contributed by atoms with Crippen LogP contribution in [0.3, 0.4) is 0 Å². The van der Waals surface area contributed by atoms with Crippen LogP contribution in [0.25, 0.3) is 0 Å². The molecule has 1 N–H and O–H groups in total. The van der Waals surface area contributed by atoms with E-state index in [9.17, 15) is 4.79 Å². The summed E-state index contributed by atoms with van der Waals surface area (Å²) in [6.45, 7) is 2.03. The molecule has 0 spiro atoms. The Morgan fingerprint density at radius 3 is 2.31 bits per heavy atom. The molecule has 0 saturated heterocycles. The number of unbranched alkanes of at least 4 members (excludes halogenated alkanes) is 3. The molecular formula is C11H20O2. The molecule has 0 aromatic carbocycles. The number of rotatable bonds is 7. The van der Waals surface area contributed by atoms with Crippen LogP contribution in [0, 0.1) is 5.41 Å². The zero-order valence-electron chi connectivity index (χ0n) is 8.51. The van der Waals surface area contributed by atoms with Crippen molar-refractivity contribution < 1.29 is 9.90 Å². The summed E-state index contributed by atoms with van der Waals surface area (Å²) in [7, 11) is 0. The third kappa shape index (κ3) is 3.11. The highest BCUT2D eigenvalue weighted by Crippen LogP contribution is 2.50. The summed E-state index contributed by atoms with van der Waals surface area (Å²) in [5.74, 6) is 0.384. The van der Waals surface area contributed by atoms with E-state index in [0.717, 1.165) is 44.9 Å². The third-order valence-corrected chi connectivity index (χ3v) is 3.16. The van der Waals surface area contributed by atoms with Gasteiger partial charge in [-0.2, -0.15) is 0 Å². The second kappa shape index (κ2) is 4.75. The highest BCUT2D eigenvalue weighted by Gasteiger charge is 2.45. The number of carbonyl (C=O) groups excluding carboxylic acids is 1. The van der Waals surface area contributed by atoms with E-state index in [-0.39, 0.29) is 5.41 Å². The fourth-order valence-corrected chi connectivity index (χ4v) is 1.86. The number of ketones is 1. The SMILES string of the molecule is CC(=O)C1(CCCCCCO)CC1. The maximum atomic E-state index is 11.2. The van der Waals surface area contributed by atoms with Gasteiger partial charge in [-0.1, -0.05) is 19.3 Å². The first-order chi connectivity index (χ1) is 6.21. The van der Waals surface area contributed by atoms with Crippen molar-refractivity contribution in [1.82, 2.24) is 0 Å². The van der Waals surface area contributed by atoms with Gasteiger partial charge in [-0.05, 0) is 32.6 Å². The van der Waals surface area contributed by atoms with Crippen LogP contribution >= 0.6 is 0 Å². The van der Waals surface area contributed by atoms with Crippen LogP contribution in [-0.4, -0.2) is 17.5 Å². The largest absolute Gasteiger partial charge is 0.396 e. The standard InChI is InChI=1S/C11H20O2/c1-10(13)11(7-8-11)6-4-2-3-5-9-12/h12H,2-9H2,1H3. The molecule has 0 radical (unpaired) electrons. The molecule has 0 aromatic heterocycles. The third-order valence-electron chi connectivity index (χ3n) is 3.16. The average Bonchev–Trinajstić information content (AvgIpc) is 2.85. The van der Waals surface area contributed by atoms with E-state index >= 15 is 0 Å². The average molecular weight is 184 g/mol. The minimum Gasteiger partial charge on any atom is -0.396 e. The fourth-order valence-electron chi connectivity index (χ4n) is 1.86. The number of hydrogen-bond donors (Lipinski definition) is 1. The molecule has 1 rings (SSSR count). The van der Waals surface area contributed by atoms with Gasteiger partial charge >= 0.3 is 0 Å². The number of carbonyl (C=O) groups is 1. The van der Waals surface area contributed by atoms with Crippen LogP contribution in [-0.2, 0) is 4.79 Å². The summed E-state index contributed by atoms with van der Waals surface area (Å²) >= 11 is 0. The lowest BCUT2D eigenvalue weighted by Crippen LogP contribution is -2.11. The maximum Gasteiger partial charge on any atom is 0.135 e. The summed E-state index contributed by atoms with van der Waals surface area (Å²) in [5.41, 5.74) is 0.0964. The number of Topliss-reactive ketones (excluding diaryl/α,β-unsaturated/α-hetero) is 1. The van der Waals surface area contributed by atoms with Gasteiger partial charge in [0.15, 0.2) is 0 Å². The van der Waals surface area contributed by atoms with Crippen molar-refractivity contribution in [3.63, 3.8) is 0 Å². The van der Waals surface area contributed by atoms with Crippen LogP contribution in [0.15, 0.2) is 0 Å². The molecule has 1 saturated carbocycles. The van der Waals surface area contributed by atoms with E-state index in [1.54, 1.807) is 6.92 Å². The van der Waals surface area contributed by atoms with Gasteiger partial charge in [0.1, 0.15) is 5.78 Å². The molecule has 0 unspecified atom stereocenters. The zero-order chi connectivity index (χ0) is 9.73. The summed E-state index contributed by atoms with van der Waals surface area (Å²) in [6.07, 6.45) is 7.63. The first-order valence-electron chi connectivity index (χ1n) is 5.33. The van der Waals surface area contributed by atoms with E-state index in [0.29, 0.717) is 12.4 Å². The smallest absolute Gasteiger partial charge is 0.135 e. The first-order valence-corrected chi connectivity index (χ1v) is 5.33. The maximum absolute atomic E-state index is 11.2. The molecule has 76 valence electrons. The lowest BCUT2D eigenvalue weighted by atomic mass is 9.94. The van der Waals surface area contributed by atoms with Gasteiger partial charge in [0, 0.05) is 12.0 Å². The van der Waals surface area contributed by atoms with E-state index in [1.807, 2.05) is 0 Å². The van der Waals surface area contributed by atoms with Crippen LogP contribution in [0.4, 0.5) is 0 Å². The molecule has 0 atom stereocenters. The molecule has 0 amide bonds. The van der Waals surface area contributed by atoms with Gasteiger partial charge in [0.2, 0.25) is 0 Å². The van der Waals surface area contributed by atoms with Crippen molar-refractivity contribution in [3.05, 3.63) is 0 Å². The van der Waals surface area contributed by atoms with Crippen LogP contribution in [0.2, 0.25) is 0 Å². The molecule has 1 fully saturated rings. The number of aliphatic hydroxyl groups is 1. The molecule has 0 bridgehead atoms. The Hall–Kier alpha value is -0.370. The van der Waals surface area contributed by atoms with Crippen molar-refractivity contribution in [2.75, 3.05) is 6.61 Å². The summed E-state index contributed by atoms with van der Waals surface area (Å²) in [5, 5.41) is 8.57. The van der Waals surface area contributed by atoms with E-state index in [1.165, 1.54) is 0 Å². The number of hydrogen-bond acceptors (Lipinski definition) is 2. The van der Waals surface area contributed by atoms with Gasteiger partial charge in [-0.15, -0.1) is 0 Å². The molecule has 0 aliphatic heterocycles. The predicted molar refractivity (Wildman–Crippen MR) is 52.5 cm³/mol. The molecule has 1 aliphatic carbocycles. The minimum atomic E-state index is 0.0964. The molecule has 0 heterocycles. The van der Waals surface area contributed by atoms with Crippen molar-refractivity contribution >= 4 is 5.78 Å². The van der Waals surface area contributed by atoms with Crippen molar-refractivity contribution in [3.8, 4) is 0 Å². The van der Waals surface area contributed by atoms with Gasteiger partial charge in [-0.25, -0.2) is 0 Å². The Bertz CT molecular complexity index is 171. The molecule has 1 aliphatic rings. The molecule has 2 heteroatoms. The van der Waals surface area contributed by atoms with E-state index in [4.69, 9.17) is 5.11 Å². The van der Waals surface area contributed by atoms with Gasteiger partial charge in [0.25, 0.3) is 0 Å². The lowest BCUT2D eigenvalue weighted by Gasteiger charge is -2.09. The molecular weight excluding hydrogens is 164 g/mol. The van der Waals surface area contributed by atoms with Crippen molar-refractivity contribution in [1.29, 1.82) is 0 Å². The zero-order valence-corrected chi connectivity index (χ0v) is 8.51. The Morgan fingerprint density at radius 2 is 1.85 bits per heavy atom. The Kier molecular flexibility index (Phi) is 3.91. The van der Waals surface area contributed by atoms with Gasteiger partial charge in [-0.3, -0.25) is 4.79 Å². The molecule has 13 heavy (non-hydrogen) atoms. The molecule has 2 nitrogen and oxygen atoms in total. The van der Waals surface area contributed by atoms with Crippen LogP contribution < -0.4 is 0 Å². The fraction of sp³-hybridized carbons (Fsp3) is 0.909.